The number of hydrogen-bond donors (Lipinski definition) is 1. The van der Waals surface area contributed by atoms with E-state index in [-0.39, 0.29) is 11.5 Å². The lowest BCUT2D eigenvalue weighted by molar-refractivity contribution is -0.130. The van der Waals surface area contributed by atoms with E-state index in [0.29, 0.717) is 16.6 Å². The molecule has 2 aromatic rings. The Morgan fingerprint density at radius 1 is 1.25 bits per heavy atom. The zero-order chi connectivity index (χ0) is 18.1. The molecule has 5 nitrogen and oxygen atoms in total. The van der Waals surface area contributed by atoms with Crippen LogP contribution in [0.4, 0.5) is 4.39 Å². The van der Waals surface area contributed by atoms with Gasteiger partial charge in [0, 0.05) is 17.0 Å². The van der Waals surface area contributed by atoms with Crippen molar-refractivity contribution in [2.75, 3.05) is 0 Å². The monoisotopic (exact) mass is 332 g/mol. The van der Waals surface area contributed by atoms with Crippen LogP contribution in [0.15, 0.2) is 24.3 Å². The average Bonchev–Trinajstić information content (AvgIpc) is 2.44. The first kappa shape index (κ1) is 17.8. The maximum absolute atomic E-state index is 13.2. The summed E-state index contributed by atoms with van der Waals surface area (Å²) >= 11 is 0. The van der Waals surface area contributed by atoms with Gasteiger partial charge in [-0.3, -0.25) is 9.78 Å². The summed E-state index contributed by atoms with van der Waals surface area (Å²) in [5.41, 5.74) is 0.719. The maximum atomic E-state index is 13.2. The highest BCUT2D eigenvalue weighted by atomic mass is 19.1. The zero-order valence-electron chi connectivity index (χ0n) is 14.4. The van der Waals surface area contributed by atoms with Crippen LogP contribution in [-0.4, -0.2) is 28.5 Å². The van der Waals surface area contributed by atoms with Crippen molar-refractivity contribution in [3.8, 4) is 0 Å². The predicted octanol–water partition coefficient (Wildman–Crippen LogP) is 3.14. The van der Waals surface area contributed by atoms with Crippen molar-refractivity contribution in [1.82, 2.24) is 10.3 Å². The number of benzene rings is 1. The highest BCUT2D eigenvalue weighted by Gasteiger charge is 2.24. The molecule has 6 heteroatoms. The van der Waals surface area contributed by atoms with E-state index >= 15 is 0 Å². The fourth-order valence-corrected chi connectivity index (χ4v) is 2.19. The Hall–Kier alpha value is -2.50. The van der Waals surface area contributed by atoms with Crippen molar-refractivity contribution in [2.45, 2.75) is 46.3 Å². The second-order valence-electron chi connectivity index (χ2n) is 6.75. The molecule has 2 rings (SSSR count). The highest BCUT2D eigenvalue weighted by molar-refractivity contribution is 5.96. The van der Waals surface area contributed by atoms with Gasteiger partial charge in [-0.25, -0.2) is 9.18 Å². The molecule has 1 aromatic carbocycles. The number of amides is 1. The smallest absolute Gasteiger partial charge is 0.340 e. The van der Waals surface area contributed by atoms with Gasteiger partial charge in [0.15, 0.2) is 6.10 Å². The molecular weight excluding hydrogens is 311 g/mol. The van der Waals surface area contributed by atoms with Gasteiger partial charge in [0.2, 0.25) is 0 Å². The summed E-state index contributed by atoms with van der Waals surface area (Å²) in [7, 11) is 0. The first-order chi connectivity index (χ1) is 11.1. The number of rotatable bonds is 3. The number of pyridine rings is 1. The normalized spacial score (nSPS) is 12.8. The molecule has 0 aliphatic rings. The predicted molar refractivity (Wildman–Crippen MR) is 89.2 cm³/mol. The Morgan fingerprint density at radius 2 is 1.92 bits per heavy atom. The van der Waals surface area contributed by atoms with E-state index in [4.69, 9.17) is 4.74 Å². The second kappa shape index (κ2) is 6.55. The average molecular weight is 332 g/mol. The topological polar surface area (TPSA) is 68.3 Å². The molecule has 0 saturated carbocycles. The number of fused-ring (bicyclic) bond motifs is 1. The van der Waals surface area contributed by atoms with Crippen LogP contribution in [0.1, 0.15) is 43.7 Å². The van der Waals surface area contributed by atoms with Crippen molar-refractivity contribution in [2.24, 2.45) is 0 Å². The summed E-state index contributed by atoms with van der Waals surface area (Å²) in [4.78, 5) is 28.6. The molecule has 0 fully saturated rings. The summed E-state index contributed by atoms with van der Waals surface area (Å²) in [6, 6.07) is 5.74. The molecule has 1 atom stereocenters. The summed E-state index contributed by atoms with van der Waals surface area (Å²) in [6.07, 6.45) is -0.931. The van der Waals surface area contributed by atoms with Gasteiger partial charge in [-0.15, -0.1) is 0 Å². The van der Waals surface area contributed by atoms with E-state index in [0.717, 1.165) is 0 Å². The Kier molecular flexibility index (Phi) is 4.87. The standard InChI is InChI=1S/C18H21FN2O3/c1-10-14(8-12-6-7-13(19)9-15(12)20-10)17(23)24-11(2)16(22)21-18(3,4)5/h6-9,11H,1-5H3,(H,21,22). The van der Waals surface area contributed by atoms with Gasteiger partial charge in [-0.05, 0) is 52.8 Å². The molecule has 1 heterocycles. The van der Waals surface area contributed by atoms with Gasteiger partial charge >= 0.3 is 5.97 Å². The van der Waals surface area contributed by atoms with Gasteiger partial charge in [0.1, 0.15) is 5.82 Å². The number of halogens is 1. The van der Waals surface area contributed by atoms with Crippen molar-refractivity contribution < 1.29 is 18.7 Å². The Morgan fingerprint density at radius 3 is 2.54 bits per heavy atom. The number of nitrogens with one attached hydrogen (secondary N) is 1. The van der Waals surface area contributed by atoms with Crippen molar-refractivity contribution >= 4 is 22.8 Å². The van der Waals surface area contributed by atoms with Gasteiger partial charge < -0.3 is 10.1 Å². The molecule has 24 heavy (non-hydrogen) atoms. The number of aryl methyl sites for hydroxylation is 1. The summed E-state index contributed by atoms with van der Waals surface area (Å²) in [5, 5.41) is 3.38. The lowest BCUT2D eigenvalue weighted by atomic mass is 10.1. The molecule has 0 aliphatic heterocycles. The van der Waals surface area contributed by atoms with Crippen LogP contribution in [0.2, 0.25) is 0 Å². The number of carbonyl (C=O) groups excluding carboxylic acids is 2. The third kappa shape index (κ3) is 4.28. The number of hydrogen-bond acceptors (Lipinski definition) is 4. The Labute approximate surface area is 140 Å². The number of nitrogens with zero attached hydrogens (tertiary/aromatic N) is 1. The first-order valence-electron chi connectivity index (χ1n) is 7.67. The van der Waals surface area contributed by atoms with Crippen LogP contribution in [0.3, 0.4) is 0 Å². The fourth-order valence-electron chi connectivity index (χ4n) is 2.19. The fraction of sp³-hybridized carbons (Fsp3) is 0.389. The van der Waals surface area contributed by atoms with E-state index in [1.54, 1.807) is 19.1 Å². The van der Waals surface area contributed by atoms with Gasteiger partial charge in [0.05, 0.1) is 16.8 Å². The quantitative estimate of drug-likeness (QED) is 0.877. The highest BCUT2D eigenvalue weighted by Crippen LogP contribution is 2.19. The molecule has 1 unspecified atom stereocenters. The molecule has 0 spiro atoms. The molecule has 1 N–H and O–H groups in total. The molecule has 0 aliphatic carbocycles. The minimum absolute atomic E-state index is 0.254. The van der Waals surface area contributed by atoms with Gasteiger partial charge in [-0.2, -0.15) is 0 Å². The van der Waals surface area contributed by atoms with Gasteiger partial charge in [0.25, 0.3) is 5.91 Å². The van der Waals surface area contributed by atoms with Crippen molar-refractivity contribution in [3.05, 3.63) is 41.3 Å². The molecule has 0 saturated heterocycles. The molecule has 0 radical (unpaired) electrons. The maximum Gasteiger partial charge on any atom is 0.340 e. The number of carbonyl (C=O) groups is 2. The van der Waals surface area contributed by atoms with E-state index in [2.05, 4.69) is 10.3 Å². The van der Waals surface area contributed by atoms with E-state index in [1.165, 1.54) is 19.1 Å². The van der Waals surface area contributed by atoms with Crippen LogP contribution in [0.5, 0.6) is 0 Å². The Bertz CT molecular complexity index is 797. The minimum atomic E-state index is -0.931. The zero-order valence-corrected chi connectivity index (χ0v) is 14.4. The molecular formula is C18H21FN2O3. The summed E-state index contributed by atoms with van der Waals surface area (Å²) < 4.78 is 18.5. The largest absolute Gasteiger partial charge is 0.449 e. The first-order valence-corrected chi connectivity index (χ1v) is 7.67. The number of aromatic nitrogens is 1. The third-order valence-corrected chi connectivity index (χ3v) is 3.34. The lowest BCUT2D eigenvalue weighted by Crippen LogP contribution is -2.46. The third-order valence-electron chi connectivity index (χ3n) is 3.34. The summed E-state index contributed by atoms with van der Waals surface area (Å²) in [5.74, 6) is -1.40. The second-order valence-corrected chi connectivity index (χ2v) is 6.75. The number of esters is 1. The Balaban J connectivity index is 2.20. The van der Waals surface area contributed by atoms with E-state index < -0.39 is 23.4 Å². The lowest BCUT2D eigenvalue weighted by Gasteiger charge is -2.23. The molecule has 1 aromatic heterocycles. The van der Waals surface area contributed by atoms with Crippen LogP contribution < -0.4 is 5.32 Å². The van der Waals surface area contributed by atoms with Crippen LogP contribution in [-0.2, 0) is 9.53 Å². The van der Waals surface area contributed by atoms with E-state index in [1.807, 2.05) is 20.8 Å². The summed E-state index contributed by atoms with van der Waals surface area (Å²) in [6.45, 7) is 8.68. The van der Waals surface area contributed by atoms with E-state index in [9.17, 15) is 14.0 Å². The minimum Gasteiger partial charge on any atom is -0.449 e. The van der Waals surface area contributed by atoms with Crippen molar-refractivity contribution in [1.29, 1.82) is 0 Å². The van der Waals surface area contributed by atoms with Crippen LogP contribution in [0, 0.1) is 12.7 Å². The molecule has 0 bridgehead atoms. The number of ether oxygens (including phenoxy) is 1. The molecule has 1 amide bonds. The molecule has 128 valence electrons. The van der Waals surface area contributed by atoms with Crippen LogP contribution >= 0.6 is 0 Å². The van der Waals surface area contributed by atoms with Gasteiger partial charge in [-0.1, -0.05) is 0 Å². The van der Waals surface area contributed by atoms with Crippen molar-refractivity contribution in [3.63, 3.8) is 0 Å². The van der Waals surface area contributed by atoms with Crippen LogP contribution in [0.25, 0.3) is 10.9 Å². The SMILES string of the molecule is Cc1nc2cc(F)ccc2cc1C(=O)OC(C)C(=O)NC(C)(C)C.